The molecule has 6 heteroatoms. The van der Waals surface area contributed by atoms with Gasteiger partial charge in [0.2, 0.25) is 0 Å². The molecule has 0 unspecified atom stereocenters. The zero-order valence-electron chi connectivity index (χ0n) is 13.5. The van der Waals surface area contributed by atoms with Crippen LogP contribution in [-0.4, -0.2) is 22.1 Å². The molecule has 3 rings (SSSR count). The summed E-state index contributed by atoms with van der Waals surface area (Å²) < 4.78 is 32.4. The number of aromatic nitrogens is 2. The van der Waals surface area contributed by atoms with Crippen LogP contribution in [0.1, 0.15) is 25.8 Å². The normalized spacial score (nSPS) is 12.1. The molecular weight excluding hydrogens is 312 g/mol. The molecule has 0 bridgehead atoms. The molecule has 0 aliphatic heterocycles. The number of hydrogen-bond donors (Lipinski definition) is 2. The minimum Gasteiger partial charge on any atom is -0.491 e. The molecular formula is C18H19F2N3O. The van der Waals surface area contributed by atoms with E-state index in [0.29, 0.717) is 5.56 Å². The summed E-state index contributed by atoms with van der Waals surface area (Å²) in [5.41, 5.74) is 7.34. The predicted octanol–water partition coefficient (Wildman–Crippen LogP) is 4.28. The summed E-state index contributed by atoms with van der Waals surface area (Å²) >= 11 is 0. The predicted molar refractivity (Wildman–Crippen MR) is 90.2 cm³/mol. The van der Waals surface area contributed by atoms with Gasteiger partial charge in [-0.25, -0.2) is 13.8 Å². The summed E-state index contributed by atoms with van der Waals surface area (Å²) in [6.45, 7) is 3.72. The molecule has 24 heavy (non-hydrogen) atoms. The summed E-state index contributed by atoms with van der Waals surface area (Å²) in [4.78, 5) is 7.27. The summed E-state index contributed by atoms with van der Waals surface area (Å²) in [7, 11) is 0. The van der Waals surface area contributed by atoms with Crippen LogP contribution in [0.25, 0.3) is 22.2 Å². The van der Waals surface area contributed by atoms with Gasteiger partial charge in [0.25, 0.3) is 6.43 Å². The molecule has 126 valence electrons. The first kappa shape index (κ1) is 16.4. The Morgan fingerprint density at radius 2 is 2.08 bits per heavy atom. The maximum Gasteiger partial charge on any atom is 0.267 e. The summed E-state index contributed by atoms with van der Waals surface area (Å²) in [6, 6.07) is 8.50. The van der Waals surface area contributed by atoms with Gasteiger partial charge in [0, 0.05) is 28.9 Å². The van der Waals surface area contributed by atoms with Crippen molar-refractivity contribution in [2.24, 2.45) is 5.73 Å². The van der Waals surface area contributed by atoms with Crippen molar-refractivity contribution in [2.75, 3.05) is 6.61 Å². The van der Waals surface area contributed by atoms with Gasteiger partial charge in [-0.15, -0.1) is 0 Å². The SMILES string of the molecule is CC(C)(N)COc1ccc(-c2c[nH]c3ncccc23)cc1C(F)F. The molecule has 0 aliphatic carbocycles. The molecule has 1 aromatic carbocycles. The van der Waals surface area contributed by atoms with Crippen LogP contribution in [-0.2, 0) is 0 Å². The van der Waals surface area contributed by atoms with Crippen LogP contribution in [0.5, 0.6) is 5.75 Å². The molecule has 3 aromatic rings. The molecule has 3 N–H and O–H groups in total. The maximum absolute atomic E-state index is 13.5. The van der Waals surface area contributed by atoms with Gasteiger partial charge in [-0.2, -0.15) is 0 Å². The maximum atomic E-state index is 13.5. The lowest BCUT2D eigenvalue weighted by atomic mass is 10.0. The number of fused-ring (bicyclic) bond motifs is 1. The fourth-order valence-electron chi connectivity index (χ4n) is 2.48. The molecule has 0 radical (unpaired) electrons. The molecule has 0 saturated heterocycles. The fourth-order valence-corrected chi connectivity index (χ4v) is 2.48. The van der Waals surface area contributed by atoms with Crippen molar-refractivity contribution in [3.8, 4) is 16.9 Å². The highest BCUT2D eigenvalue weighted by Crippen LogP contribution is 2.35. The molecule has 0 aliphatic rings. The van der Waals surface area contributed by atoms with Gasteiger partial charge in [-0.05, 0) is 43.7 Å². The number of pyridine rings is 1. The Hall–Kier alpha value is -2.47. The second kappa shape index (κ2) is 6.20. The Bertz CT molecular complexity index is 853. The van der Waals surface area contributed by atoms with Crippen molar-refractivity contribution in [3.63, 3.8) is 0 Å². The first-order chi connectivity index (χ1) is 11.3. The van der Waals surface area contributed by atoms with Gasteiger partial charge in [0.1, 0.15) is 18.0 Å². The number of alkyl halides is 2. The van der Waals surface area contributed by atoms with E-state index in [4.69, 9.17) is 10.5 Å². The highest BCUT2D eigenvalue weighted by Gasteiger charge is 2.19. The van der Waals surface area contributed by atoms with Crippen LogP contribution in [0.3, 0.4) is 0 Å². The third-order valence-corrected chi connectivity index (χ3v) is 3.61. The Labute approximate surface area is 138 Å². The van der Waals surface area contributed by atoms with Crippen molar-refractivity contribution in [1.82, 2.24) is 9.97 Å². The molecule has 0 amide bonds. The van der Waals surface area contributed by atoms with Crippen LogP contribution in [0, 0.1) is 0 Å². The number of nitrogens with two attached hydrogens (primary N) is 1. The number of halogens is 2. The standard InChI is InChI=1S/C18H19F2N3O/c1-18(2,21)10-24-15-6-5-11(8-13(15)16(19)20)14-9-23-17-12(14)4-3-7-22-17/h3-9,16H,10,21H2,1-2H3,(H,22,23). The van der Waals surface area contributed by atoms with Gasteiger partial charge in [0.15, 0.2) is 0 Å². The van der Waals surface area contributed by atoms with E-state index in [2.05, 4.69) is 9.97 Å². The quantitative estimate of drug-likeness (QED) is 0.733. The van der Waals surface area contributed by atoms with E-state index in [1.54, 1.807) is 38.4 Å². The summed E-state index contributed by atoms with van der Waals surface area (Å²) in [5, 5.41) is 0.884. The highest BCUT2D eigenvalue weighted by molar-refractivity contribution is 5.93. The number of aromatic amines is 1. The number of nitrogens with one attached hydrogen (secondary N) is 1. The first-order valence-corrected chi connectivity index (χ1v) is 7.61. The van der Waals surface area contributed by atoms with Gasteiger partial charge in [-0.3, -0.25) is 0 Å². The van der Waals surface area contributed by atoms with Crippen molar-refractivity contribution in [3.05, 3.63) is 48.3 Å². The monoisotopic (exact) mass is 331 g/mol. The van der Waals surface area contributed by atoms with Crippen molar-refractivity contribution in [1.29, 1.82) is 0 Å². The fraction of sp³-hybridized carbons (Fsp3) is 0.278. The van der Waals surface area contributed by atoms with E-state index in [1.165, 1.54) is 6.07 Å². The smallest absolute Gasteiger partial charge is 0.267 e. The molecule has 0 saturated carbocycles. The summed E-state index contributed by atoms with van der Waals surface area (Å²) in [6.07, 6.45) is 0.814. The van der Waals surface area contributed by atoms with Crippen molar-refractivity contribution < 1.29 is 13.5 Å². The third-order valence-electron chi connectivity index (χ3n) is 3.61. The van der Waals surface area contributed by atoms with E-state index < -0.39 is 12.0 Å². The number of H-pyrrole nitrogens is 1. The van der Waals surface area contributed by atoms with Crippen molar-refractivity contribution in [2.45, 2.75) is 25.8 Å². The van der Waals surface area contributed by atoms with E-state index in [1.807, 2.05) is 12.1 Å². The lowest BCUT2D eigenvalue weighted by Gasteiger charge is -2.20. The van der Waals surface area contributed by atoms with Crippen LogP contribution >= 0.6 is 0 Å². The number of hydrogen-bond acceptors (Lipinski definition) is 3. The number of ether oxygens (including phenoxy) is 1. The Morgan fingerprint density at radius 1 is 1.29 bits per heavy atom. The minimum atomic E-state index is -2.64. The molecule has 2 heterocycles. The highest BCUT2D eigenvalue weighted by atomic mass is 19.3. The molecule has 0 spiro atoms. The zero-order valence-corrected chi connectivity index (χ0v) is 13.5. The van der Waals surface area contributed by atoms with Gasteiger partial charge >= 0.3 is 0 Å². The van der Waals surface area contributed by atoms with Crippen LogP contribution in [0.2, 0.25) is 0 Å². The molecule has 0 fully saturated rings. The minimum absolute atomic E-state index is 0.144. The van der Waals surface area contributed by atoms with E-state index in [9.17, 15) is 8.78 Å². The Balaban J connectivity index is 2.00. The summed E-state index contributed by atoms with van der Waals surface area (Å²) in [5.74, 6) is 0.158. The van der Waals surface area contributed by atoms with Crippen LogP contribution < -0.4 is 10.5 Å². The molecule has 0 atom stereocenters. The number of benzene rings is 1. The van der Waals surface area contributed by atoms with Gasteiger partial charge in [-0.1, -0.05) is 6.07 Å². The van der Waals surface area contributed by atoms with Crippen LogP contribution in [0.4, 0.5) is 8.78 Å². The largest absolute Gasteiger partial charge is 0.491 e. The van der Waals surface area contributed by atoms with Crippen molar-refractivity contribution >= 4 is 11.0 Å². The average molecular weight is 331 g/mol. The first-order valence-electron chi connectivity index (χ1n) is 7.61. The second-order valence-corrected chi connectivity index (χ2v) is 6.43. The molecule has 4 nitrogen and oxygen atoms in total. The zero-order chi connectivity index (χ0) is 17.3. The van der Waals surface area contributed by atoms with Crippen LogP contribution in [0.15, 0.2) is 42.7 Å². The number of rotatable bonds is 5. The van der Waals surface area contributed by atoms with E-state index >= 15 is 0 Å². The number of nitrogens with zero attached hydrogens (tertiary/aromatic N) is 1. The average Bonchev–Trinajstić information content (AvgIpc) is 2.96. The molecule has 2 aromatic heterocycles. The third kappa shape index (κ3) is 3.38. The second-order valence-electron chi connectivity index (χ2n) is 6.43. The van der Waals surface area contributed by atoms with E-state index in [0.717, 1.165) is 16.6 Å². The van der Waals surface area contributed by atoms with Gasteiger partial charge < -0.3 is 15.5 Å². The lowest BCUT2D eigenvalue weighted by molar-refractivity contribution is 0.142. The Morgan fingerprint density at radius 3 is 2.79 bits per heavy atom. The van der Waals surface area contributed by atoms with E-state index in [-0.39, 0.29) is 17.9 Å². The van der Waals surface area contributed by atoms with Gasteiger partial charge in [0.05, 0.1) is 5.56 Å². The lowest BCUT2D eigenvalue weighted by Crippen LogP contribution is -2.38. The Kier molecular flexibility index (Phi) is 4.24. The topological polar surface area (TPSA) is 63.9 Å².